The Bertz CT molecular complexity index is 1560. The number of methoxy groups -OCH3 is 1. The van der Waals surface area contributed by atoms with Gasteiger partial charge in [-0.2, -0.15) is 0 Å². The Labute approximate surface area is 218 Å². The number of hydrogen-bond acceptors (Lipinski definition) is 6. The van der Waals surface area contributed by atoms with E-state index in [0.29, 0.717) is 34.5 Å². The minimum absolute atomic E-state index is 0.158. The molecule has 9 nitrogen and oxygen atoms in total. The number of pyridine rings is 1. The molecule has 2 aromatic carbocycles. The average Bonchev–Trinajstić information content (AvgIpc) is 3.57. The zero-order chi connectivity index (χ0) is 25.8. The Morgan fingerprint density at radius 1 is 1.08 bits per heavy atom. The van der Waals surface area contributed by atoms with Crippen LogP contribution in [0.25, 0.3) is 28.3 Å². The fraction of sp³-hybridized carbons (Fsp3) is 0.222. The summed E-state index contributed by atoms with van der Waals surface area (Å²) in [6, 6.07) is 17.3. The van der Waals surface area contributed by atoms with Crippen LogP contribution >= 0.6 is 11.6 Å². The molecule has 0 saturated heterocycles. The molecule has 0 amide bonds. The van der Waals surface area contributed by atoms with Gasteiger partial charge in [-0.1, -0.05) is 61.3 Å². The summed E-state index contributed by atoms with van der Waals surface area (Å²) in [6.07, 6.45) is 6.37. The molecular formula is C27H26ClN7O2. The molecule has 0 bridgehead atoms. The van der Waals surface area contributed by atoms with Crippen LogP contribution in [-0.4, -0.2) is 41.9 Å². The SMILES string of the molecule is CCCCc1cn(-c2c(Cl)cccc2OC)c(=O)n1Cc1ccc(-c2cccnc2-c2nnn[nH]2)cc1. The second-order valence-corrected chi connectivity index (χ2v) is 9.01. The van der Waals surface area contributed by atoms with Crippen LogP contribution in [-0.2, 0) is 13.0 Å². The number of rotatable bonds is 9. The van der Waals surface area contributed by atoms with Crippen LogP contribution in [0.3, 0.4) is 0 Å². The van der Waals surface area contributed by atoms with Crippen LogP contribution in [0.1, 0.15) is 31.0 Å². The van der Waals surface area contributed by atoms with E-state index in [2.05, 4.69) is 32.5 Å². The summed E-state index contributed by atoms with van der Waals surface area (Å²) in [5.74, 6) is 1.05. The summed E-state index contributed by atoms with van der Waals surface area (Å²) < 4.78 is 8.90. The Kier molecular flexibility index (Phi) is 7.14. The number of para-hydroxylation sites is 1. The van der Waals surface area contributed by atoms with Gasteiger partial charge in [-0.15, -0.1) is 5.10 Å². The van der Waals surface area contributed by atoms with E-state index in [9.17, 15) is 4.79 Å². The van der Waals surface area contributed by atoms with Gasteiger partial charge >= 0.3 is 5.69 Å². The monoisotopic (exact) mass is 515 g/mol. The van der Waals surface area contributed by atoms with Crippen molar-refractivity contribution in [3.8, 4) is 34.1 Å². The van der Waals surface area contributed by atoms with Crippen molar-refractivity contribution in [3.63, 3.8) is 0 Å². The number of halogens is 1. The highest BCUT2D eigenvalue weighted by molar-refractivity contribution is 6.32. The van der Waals surface area contributed by atoms with Crippen molar-refractivity contribution in [1.29, 1.82) is 0 Å². The van der Waals surface area contributed by atoms with Gasteiger partial charge in [0.05, 0.1) is 18.7 Å². The van der Waals surface area contributed by atoms with E-state index in [1.807, 2.05) is 47.2 Å². The maximum absolute atomic E-state index is 13.6. The molecule has 1 N–H and O–H groups in total. The number of aromatic nitrogens is 7. The first kappa shape index (κ1) is 24.5. The third-order valence-corrected chi connectivity index (χ3v) is 6.55. The Hall–Kier alpha value is -4.24. The van der Waals surface area contributed by atoms with Gasteiger partial charge in [-0.3, -0.25) is 14.1 Å². The topological polar surface area (TPSA) is 104 Å². The largest absolute Gasteiger partial charge is 0.494 e. The van der Waals surface area contributed by atoms with E-state index >= 15 is 0 Å². The zero-order valence-corrected chi connectivity index (χ0v) is 21.3. The van der Waals surface area contributed by atoms with Crippen LogP contribution in [0, 0.1) is 0 Å². The molecule has 188 valence electrons. The molecule has 3 heterocycles. The molecule has 0 fully saturated rings. The summed E-state index contributed by atoms with van der Waals surface area (Å²) in [5.41, 5.74) is 4.89. The number of benzene rings is 2. The van der Waals surface area contributed by atoms with Gasteiger partial charge in [0.15, 0.2) is 5.82 Å². The number of aryl methyl sites for hydroxylation is 1. The molecule has 0 aliphatic rings. The summed E-state index contributed by atoms with van der Waals surface area (Å²) in [4.78, 5) is 18.1. The Balaban J connectivity index is 1.50. The number of hydrogen-bond donors (Lipinski definition) is 1. The normalized spacial score (nSPS) is 11.1. The van der Waals surface area contributed by atoms with Crippen LogP contribution in [0.15, 0.2) is 71.8 Å². The molecule has 10 heteroatoms. The second kappa shape index (κ2) is 10.8. The van der Waals surface area contributed by atoms with E-state index in [1.54, 1.807) is 36.1 Å². The second-order valence-electron chi connectivity index (χ2n) is 8.60. The van der Waals surface area contributed by atoms with Crippen LogP contribution in [0.4, 0.5) is 0 Å². The van der Waals surface area contributed by atoms with Crippen LogP contribution < -0.4 is 10.4 Å². The first-order valence-electron chi connectivity index (χ1n) is 12.0. The number of tetrazole rings is 1. The van der Waals surface area contributed by atoms with Crippen molar-refractivity contribution in [3.05, 3.63) is 93.8 Å². The number of unbranched alkanes of at least 4 members (excludes halogenated alkanes) is 1. The van der Waals surface area contributed by atoms with Gasteiger partial charge in [0, 0.05) is 23.7 Å². The highest BCUT2D eigenvalue weighted by Crippen LogP contribution is 2.30. The summed E-state index contributed by atoms with van der Waals surface area (Å²) in [7, 11) is 1.57. The first-order valence-corrected chi connectivity index (χ1v) is 12.4. The maximum atomic E-state index is 13.6. The lowest BCUT2D eigenvalue weighted by Crippen LogP contribution is -2.25. The highest BCUT2D eigenvalue weighted by Gasteiger charge is 2.18. The third kappa shape index (κ3) is 4.90. The predicted octanol–water partition coefficient (Wildman–Crippen LogP) is 4.93. The van der Waals surface area contributed by atoms with Crippen LogP contribution in [0.5, 0.6) is 5.75 Å². The van der Waals surface area contributed by atoms with Gasteiger partial charge in [0.2, 0.25) is 0 Å². The molecular weight excluding hydrogens is 490 g/mol. The van der Waals surface area contributed by atoms with Crippen LogP contribution in [0.2, 0.25) is 5.02 Å². The lowest BCUT2D eigenvalue weighted by atomic mass is 10.0. The number of ether oxygens (including phenoxy) is 1. The molecule has 0 radical (unpaired) electrons. The molecule has 0 unspecified atom stereocenters. The van der Waals surface area contributed by atoms with Crippen molar-refractivity contribution >= 4 is 11.6 Å². The Morgan fingerprint density at radius 2 is 1.92 bits per heavy atom. The number of nitrogens with zero attached hydrogens (tertiary/aromatic N) is 6. The van der Waals surface area contributed by atoms with E-state index < -0.39 is 0 Å². The summed E-state index contributed by atoms with van der Waals surface area (Å²) in [5, 5.41) is 14.5. The minimum Gasteiger partial charge on any atom is -0.494 e. The predicted molar refractivity (Wildman–Crippen MR) is 142 cm³/mol. The molecule has 3 aromatic heterocycles. The minimum atomic E-state index is -0.158. The van der Waals surface area contributed by atoms with Gasteiger partial charge < -0.3 is 4.74 Å². The van der Waals surface area contributed by atoms with E-state index in [0.717, 1.165) is 41.6 Å². The van der Waals surface area contributed by atoms with Gasteiger partial charge in [-0.05, 0) is 52.6 Å². The molecule has 0 aliphatic carbocycles. The van der Waals surface area contributed by atoms with Gasteiger partial charge in [0.25, 0.3) is 0 Å². The van der Waals surface area contributed by atoms with E-state index in [-0.39, 0.29) is 5.69 Å². The standard InChI is InChI=1S/C27H26ClN7O2/c1-3-4-7-20-17-35(25-22(28)9-5-10-23(25)37-2)27(36)34(20)16-18-11-13-19(14-12-18)21-8-6-15-29-24(21)26-30-32-33-31-26/h5-6,8-15,17H,3-4,7,16H2,1-2H3,(H,30,31,32,33). The molecule has 37 heavy (non-hydrogen) atoms. The fourth-order valence-corrected chi connectivity index (χ4v) is 4.62. The lowest BCUT2D eigenvalue weighted by Gasteiger charge is -2.10. The summed E-state index contributed by atoms with van der Waals surface area (Å²) in [6.45, 7) is 2.57. The van der Waals surface area contributed by atoms with E-state index in [4.69, 9.17) is 16.3 Å². The van der Waals surface area contributed by atoms with Crippen molar-refractivity contribution < 1.29 is 4.74 Å². The number of aromatic amines is 1. The highest BCUT2D eigenvalue weighted by atomic mass is 35.5. The quantitative estimate of drug-likeness (QED) is 0.298. The molecule has 0 aliphatic heterocycles. The van der Waals surface area contributed by atoms with Crippen molar-refractivity contribution in [2.75, 3.05) is 7.11 Å². The Morgan fingerprint density at radius 3 is 2.65 bits per heavy atom. The lowest BCUT2D eigenvalue weighted by molar-refractivity contribution is 0.412. The molecule has 5 rings (SSSR count). The summed E-state index contributed by atoms with van der Waals surface area (Å²) >= 11 is 6.50. The fourth-order valence-electron chi connectivity index (χ4n) is 4.37. The number of H-pyrrole nitrogens is 1. The zero-order valence-electron chi connectivity index (χ0n) is 20.6. The smallest absolute Gasteiger partial charge is 0.333 e. The van der Waals surface area contributed by atoms with E-state index in [1.165, 1.54) is 0 Å². The first-order chi connectivity index (χ1) is 18.1. The van der Waals surface area contributed by atoms with Gasteiger partial charge in [-0.25, -0.2) is 9.89 Å². The molecule has 0 spiro atoms. The molecule has 0 saturated carbocycles. The van der Waals surface area contributed by atoms with Crippen molar-refractivity contribution in [2.45, 2.75) is 32.7 Å². The van der Waals surface area contributed by atoms with Crippen molar-refractivity contribution in [1.82, 2.24) is 34.7 Å². The third-order valence-electron chi connectivity index (χ3n) is 6.24. The average molecular weight is 516 g/mol. The molecule has 0 atom stereocenters. The van der Waals surface area contributed by atoms with Gasteiger partial charge in [0.1, 0.15) is 17.1 Å². The van der Waals surface area contributed by atoms with Crippen molar-refractivity contribution in [2.24, 2.45) is 0 Å². The number of imidazole rings is 1. The maximum Gasteiger partial charge on any atom is 0.333 e. The number of nitrogens with one attached hydrogen (secondary N) is 1. The molecule has 5 aromatic rings.